The number of urea groups is 1. The van der Waals surface area contributed by atoms with Crippen LogP contribution in [0.15, 0.2) is 18.2 Å². The molecule has 2 fully saturated rings. The highest BCUT2D eigenvalue weighted by atomic mass is 16.2. The van der Waals surface area contributed by atoms with E-state index in [0.29, 0.717) is 17.2 Å². The SMILES string of the molecule is Cc1cc(C#N)cc(NC(=O)N2CCC(CN3CCCCC3)C2)c1. The summed E-state index contributed by atoms with van der Waals surface area (Å²) >= 11 is 0. The molecule has 0 radical (unpaired) electrons. The summed E-state index contributed by atoms with van der Waals surface area (Å²) in [5, 5.41) is 12.0. The number of likely N-dealkylation sites (tertiary alicyclic amines) is 2. The van der Waals surface area contributed by atoms with Crippen molar-refractivity contribution in [2.75, 3.05) is 38.0 Å². The highest BCUT2D eigenvalue weighted by Gasteiger charge is 2.28. The third kappa shape index (κ3) is 4.27. The van der Waals surface area contributed by atoms with Gasteiger partial charge in [0.25, 0.3) is 0 Å². The Bertz CT molecular complexity index is 631. The average molecular weight is 326 g/mol. The third-order valence-electron chi connectivity index (χ3n) is 5.00. The van der Waals surface area contributed by atoms with Gasteiger partial charge < -0.3 is 15.1 Å². The highest BCUT2D eigenvalue weighted by molar-refractivity contribution is 5.89. The van der Waals surface area contributed by atoms with Gasteiger partial charge in [-0.1, -0.05) is 6.42 Å². The van der Waals surface area contributed by atoms with Crippen LogP contribution in [0.2, 0.25) is 0 Å². The molecule has 0 saturated carbocycles. The molecule has 1 aromatic rings. The molecule has 1 atom stereocenters. The molecule has 0 aromatic heterocycles. The number of piperidine rings is 1. The van der Waals surface area contributed by atoms with Crippen LogP contribution in [-0.4, -0.2) is 48.6 Å². The number of carbonyl (C=O) groups is 1. The highest BCUT2D eigenvalue weighted by Crippen LogP contribution is 2.21. The third-order valence-corrected chi connectivity index (χ3v) is 5.00. The topological polar surface area (TPSA) is 59.4 Å². The summed E-state index contributed by atoms with van der Waals surface area (Å²) in [5.74, 6) is 0.584. The largest absolute Gasteiger partial charge is 0.324 e. The maximum Gasteiger partial charge on any atom is 0.321 e. The molecule has 2 aliphatic rings. The minimum Gasteiger partial charge on any atom is -0.324 e. The minimum absolute atomic E-state index is 0.0503. The Balaban J connectivity index is 1.53. The molecule has 2 aliphatic heterocycles. The molecule has 2 amide bonds. The lowest BCUT2D eigenvalue weighted by atomic mass is 10.1. The van der Waals surface area contributed by atoms with Gasteiger partial charge >= 0.3 is 6.03 Å². The molecular weight excluding hydrogens is 300 g/mol. The summed E-state index contributed by atoms with van der Waals surface area (Å²) in [6.45, 7) is 7.13. The van der Waals surface area contributed by atoms with Gasteiger partial charge in [0, 0.05) is 25.3 Å². The van der Waals surface area contributed by atoms with Crippen molar-refractivity contribution in [3.8, 4) is 6.07 Å². The number of carbonyl (C=O) groups excluding carboxylic acids is 1. The zero-order valence-electron chi connectivity index (χ0n) is 14.4. The first-order valence-electron chi connectivity index (χ1n) is 8.94. The van der Waals surface area contributed by atoms with E-state index in [1.807, 2.05) is 24.0 Å². The number of rotatable bonds is 3. The molecule has 2 saturated heterocycles. The zero-order valence-corrected chi connectivity index (χ0v) is 14.4. The standard InChI is InChI=1S/C19H26N4O/c1-15-9-17(12-20)11-18(10-15)21-19(24)23-8-5-16(14-23)13-22-6-3-2-4-7-22/h9-11,16H,2-8,13-14H2,1H3,(H,21,24). The van der Waals surface area contributed by atoms with Crippen LogP contribution in [-0.2, 0) is 0 Å². The number of nitriles is 1. The number of aryl methyl sites for hydroxylation is 1. The molecule has 1 aromatic carbocycles. The van der Waals surface area contributed by atoms with Gasteiger partial charge in [-0.05, 0) is 69.0 Å². The van der Waals surface area contributed by atoms with Gasteiger partial charge in [0.05, 0.1) is 11.6 Å². The molecule has 2 heterocycles. The Morgan fingerprint density at radius 1 is 1.25 bits per heavy atom. The smallest absolute Gasteiger partial charge is 0.321 e. The first-order chi connectivity index (χ1) is 11.6. The monoisotopic (exact) mass is 326 g/mol. The van der Waals surface area contributed by atoms with E-state index in [4.69, 9.17) is 5.26 Å². The Hall–Kier alpha value is -2.06. The van der Waals surface area contributed by atoms with Gasteiger partial charge in [-0.2, -0.15) is 5.26 Å². The van der Waals surface area contributed by atoms with E-state index in [1.165, 1.54) is 32.4 Å². The molecule has 1 N–H and O–H groups in total. The van der Waals surface area contributed by atoms with Crippen LogP contribution in [0.3, 0.4) is 0 Å². The van der Waals surface area contributed by atoms with Crippen molar-refractivity contribution in [2.24, 2.45) is 5.92 Å². The predicted molar refractivity (Wildman–Crippen MR) is 94.9 cm³/mol. The number of nitrogens with zero attached hydrogens (tertiary/aromatic N) is 3. The number of amides is 2. The Morgan fingerprint density at radius 3 is 2.79 bits per heavy atom. The maximum atomic E-state index is 12.5. The number of benzene rings is 1. The van der Waals surface area contributed by atoms with E-state index >= 15 is 0 Å². The van der Waals surface area contributed by atoms with Crippen LogP contribution in [0, 0.1) is 24.2 Å². The van der Waals surface area contributed by atoms with Gasteiger partial charge in [0.1, 0.15) is 0 Å². The summed E-state index contributed by atoms with van der Waals surface area (Å²) in [4.78, 5) is 16.9. The Labute approximate surface area is 144 Å². The van der Waals surface area contributed by atoms with Crippen LogP contribution in [0.1, 0.15) is 36.8 Å². The van der Waals surface area contributed by atoms with Crippen molar-refractivity contribution in [3.05, 3.63) is 29.3 Å². The summed E-state index contributed by atoms with van der Waals surface area (Å²) in [6.07, 6.45) is 5.06. The van der Waals surface area contributed by atoms with Crippen LogP contribution < -0.4 is 5.32 Å². The lowest BCUT2D eigenvalue weighted by molar-refractivity contribution is 0.192. The first kappa shape index (κ1) is 16.8. The van der Waals surface area contributed by atoms with Crippen LogP contribution in [0.25, 0.3) is 0 Å². The summed E-state index contributed by atoms with van der Waals surface area (Å²) in [6, 6.07) is 7.53. The summed E-state index contributed by atoms with van der Waals surface area (Å²) < 4.78 is 0. The number of anilines is 1. The van der Waals surface area contributed by atoms with E-state index < -0.39 is 0 Å². The predicted octanol–water partition coefficient (Wildman–Crippen LogP) is 3.21. The second-order valence-corrected chi connectivity index (χ2v) is 7.09. The number of hydrogen-bond acceptors (Lipinski definition) is 3. The van der Waals surface area contributed by atoms with Crippen molar-refractivity contribution >= 4 is 11.7 Å². The lowest BCUT2D eigenvalue weighted by Gasteiger charge is -2.29. The van der Waals surface area contributed by atoms with Gasteiger partial charge in [0.2, 0.25) is 0 Å². The molecule has 3 rings (SSSR count). The molecule has 5 nitrogen and oxygen atoms in total. The van der Waals surface area contributed by atoms with E-state index in [9.17, 15) is 4.79 Å². The molecule has 1 unspecified atom stereocenters. The van der Waals surface area contributed by atoms with Crippen molar-refractivity contribution in [1.82, 2.24) is 9.80 Å². The fourth-order valence-corrected chi connectivity index (χ4v) is 3.80. The molecule has 0 bridgehead atoms. The van der Waals surface area contributed by atoms with Crippen molar-refractivity contribution in [2.45, 2.75) is 32.6 Å². The Kier molecular flexibility index (Phi) is 5.37. The number of hydrogen-bond donors (Lipinski definition) is 1. The molecular formula is C19H26N4O. The van der Waals surface area contributed by atoms with E-state index in [1.54, 1.807) is 6.07 Å². The average Bonchev–Trinajstić information content (AvgIpc) is 3.04. The van der Waals surface area contributed by atoms with Crippen molar-refractivity contribution < 1.29 is 4.79 Å². The van der Waals surface area contributed by atoms with Gasteiger partial charge in [-0.3, -0.25) is 0 Å². The van der Waals surface area contributed by atoms with Crippen molar-refractivity contribution in [3.63, 3.8) is 0 Å². The fraction of sp³-hybridized carbons (Fsp3) is 0.579. The van der Waals surface area contributed by atoms with E-state index in [0.717, 1.165) is 31.6 Å². The van der Waals surface area contributed by atoms with E-state index in [2.05, 4.69) is 16.3 Å². The molecule has 128 valence electrons. The Morgan fingerprint density at radius 2 is 2.04 bits per heavy atom. The molecule has 0 aliphatic carbocycles. The van der Waals surface area contributed by atoms with Gasteiger partial charge in [-0.25, -0.2) is 4.79 Å². The van der Waals surface area contributed by atoms with Gasteiger partial charge in [-0.15, -0.1) is 0 Å². The van der Waals surface area contributed by atoms with Gasteiger partial charge in [0.15, 0.2) is 0 Å². The second kappa shape index (κ2) is 7.67. The minimum atomic E-state index is -0.0503. The first-order valence-corrected chi connectivity index (χ1v) is 8.94. The summed E-state index contributed by atoms with van der Waals surface area (Å²) in [5.41, 5.74) is 2.26. The van der Waals surface area contributed by atoms with Crippen LogP contribution in [0.5, 0.6) is 0 Å². The normalized spacial score (nSPS) is 21.5. The fourth-order valence-electron chi connectivity index (χ4n) is 3.80. The van der Waals surface area contributed by atoms with Crippen LogP contribution in [0.4, 0.5) is 10.5 Å². The second-order valence-electron chi connectivity index (χ2n) is 7.09. The van der Waals surface area contributed by atoms with E-state index in [-0.39, 0.29) is 6.03 Å². The van der Waals surface area contributed by atoms with Crippen molar-refractivity contribution in [1.29, 1.82) is 5.26 Å². The number of nitrogens with one attached hydrogen (secondary N) is 1. The molecule has 0 spiro atoms. The lowest BCUT2D eigenvalue weighted by Crippen LogP contribution is -2.37. The maximum absolute atomic E-state index is 12.5. The molecule has 5 heteroatoms. The van der Waals surface area contributed by atoms with Crippen LogP contribution >= 0.6 is 0 Å². The summed E-state index contributed by atoms with van der Waals surface area (Å²) in [7, 11) is 0. The zero-order chi connectivity index (χ0) is 16.9. The molecule has 24 heavy (non-hydrogen) atoms. The quantitative estimate of drug-likeness (QED) is 0.928.